The molecule has 86 valence electrons. The standard InChI is InChI=1S/C13H15BrOS/c1-9-8-11(16-13(9)14)12(15)10-6-4-2-3-5-7-10/h6,8H,2-5,7H2,1H3. The van der Waals surface area contributed by atoms with Crippen molar-refractivity contribution in [3.8, 4) is 0 Å². The molecule has 1 aliphatic carbocycles. The summed E-state index contributed by atoms with van der Waals surface area (Å²) in [6.07, 6.45) is 7.78. The maximum Gasteiger partial charge on any atom is 0.198 e. The summed E-state index contributed by atoms with van der Waals surface area (Å²) >= 11 is 5.02. The zero-order valence-electron chi connectivity index (χ0n) is 9.38. The van der Waals surface area contributed by atoms with Gasteiger partial charge >= 0.3 is 0 Å². The van der Waals surface area contributed by atoms with Gasteiger partial charge < -0.3 is 0 Å². The number of rotatable bonds is 2. The van der Waals surface area contributed by atoms with Crippen LogP contribution < -0.4 is 0 Å². The van der Waals surface area contributed by atoms with Gasteiger partial charge in [0, 0.05) is 0 Å². The first kappa shape index (κ1) is 12.1. The summed E-state index contributed by atoms with van der Waals surface area (Å²) in [5.41, 5.74) is 2.17. The third-order valence-electron chi connectivity index (χ3n) is 2.91. The monoisotopic (exact) mass is 298 g/mol. The molecular formula is C13H15BrOS. The summed E-state index contributed by atoms with van der Waals surface area (Å²) in [4.78, 5) is 13.1. The summed E-state index contributed by atoms with van der Waals surface area (Å²) in [5, 5.41) is 0. The zero-order valence-corrected chi connectivity index (χ0v) is 11.8. The summed E-state index contributed by atoms with van der Waals surface area (Å²) in [5.74, 6) is 0.237. The van der Waals surface area contributed by atoms with Gasteiger partial charge in [-0.15, -0.1) is 11.3 Å². The fourth-order valence-corrected chi connectivity index (χ4v) is 3.46. The van der Waals surface area contributed by atoms with Crippen LogP contribution in [0.3, 0.4) is 0 Å². The quantitative estimate of drug-likeness (QED) is 0.710. The van der Waals surface area contributed by atoms with Gasteiger partial charge in [-0.25, -0.2) is 0 Å². The second-order valence-electron chi connectivity index (χ2n) is 4.23. The predicted molar refractivity (Wildman–Crippen MR) is 72.3 cm³/mol. The largest absolute Gasteiger partial charge is 0.288 e. The second kappa shape index (κ2) is 5.28. The molecule has 1 nitrogen and oxygen atoms in total. The molecule has 1 aromatic rings. The van der Waals surface area contributed by atoms with Crippen LogP contribution in [0, 0.1) is 6.92 Å². The van der Waals surface area contributed by atoms with Crippen LogP contribution in [-0.2, 0) is 0 Å². The number of aryl methyl sites for hydroxylation is 1. The predicted octanol–water partition coefficient (Wildman–Crippen LogP) is 4.89. The highest BCUT2D eigenvalue weighted by molar-refractivity contribution is 9.11. The van der Waals surface area contributed by atoms with Crippen molar-refractivity contribution in [3.05, 3.63) is 31.9 Å². The molecule has 0 radical (unpaired) electrons. The third kappa shape index (κ3) is 2.64. The van der Waals surface area contributed by atoms with Gasteiger partial charge in [-0.05, 0) is 65.7 Å². The van der Waals surface area contributed by atoms with E-state index in [1.54, 1.807) is 11.3 Å². The molecule has 0 N–H and O–H groups in total. The molecule has 2 rings (SSSR count). The fourth-order valence-electron chi connectivity index (χ4n) is 1.95. The normalized spacial score (nSPS) is 16.8. The Kier molecular flexibility index (Phi) is 3.98. The van der Waals surface area contributed by atoms with E-state index in [1.807, 2.05) is 13.0 Å². The summed E-state index contributed by atoms with van der Waals surface area (Å²) < 4.78 is 1.07. The number of halogens is 1. The molecule has 0 atom stereocenters. The smallest absolute Gasteiger partial charge is 0.198 e. The van der Waals surface area contributed by atoms with Crippen molar-refractivity contribution in [2.45, 2.75) is 39.0 Å². The third-order valence-corrected chi connectivity index (χ3v) is 5.05. The minimum Gasteiger partial charge on any atom is -0.288 e. The molecule has 1 heterocycles. The number of thiophene rings is 1. The lowest BCUT2D eigenvalue weighted by atomic mass is 10.0. The molecule has 0 saturated carbocycles. The molecule has 3 heteroatoms. The van der Waals surface area contributed by atoms with E-state index in [2.05, 4.69) is 22.0 Å². The van der Waals surface area contributed by atoms with Gasteiger partial charge in [0.1, 0.15) is 0 Å². The van der Waals surface area contributed by atoms with Crippen LogP contribution in [-0.4, -0.2) is 5.78 Å². The van der Waals surface area contributed by atoms with Crippen LogP contribution in [0.1, 0.15) is 47.3 Å². The zero-order chi connectivity index (χ0) is 11.5. The van der Waals surface area contributed by atoms with Crippen LogP contribution in [0.2, 0.25) is 0 Å². The van der Waals surface area contributed by atoms with Crippen molar-refractivity contribution in [3.63, 3.8) is 0 Å². The fraction of sp³-hybridized carbons (Fsp3) is 0.462. The van der Waals surface area contributed by atoms with E-state index in [4.69, 9.17) is 0 Å². The van der Waals surface area contributed by atoms with Crippen molar-refractivity contribution in [2.75, 3.05) is 0 Å². The van der Waals surface area contributed by atoms with E-state index >= 15 is 0 Å². The second-order valence-corrected chi connectivity index (χ2v) is 6.60. The van der Waals surface area contributed by atoms with Crippen molar-refractivity contribution in [1.82, 2.24) is 0 Å². The van der Waals surface area contributed by atoms with Gasteiger partial charge in [0.15, 0.2) is 5.78 Å². The highest BCUT2D eigenvalue weighted by Crippen LogP contribution is 2.30. The molecule has 0 aliphatic heterocycles. The Morgan fingerprint density at radius 3 is 2.88 bits per heavy atom. The van der Waals surface area contributed by atoms with Crippen LogP contribution in [0.5, 0.6) is 0 Å². The lowest BCUT2D eigenvalue weighted by Gasteiger charge is -2.01. The first-order chi connectivity index (χ1) is 7.68. The Hall–Kier alpha value is -0.410. The highest BCUT2D eigenvalue weighted by atomic mass is 79.9. The summed E-state index contributed by atoms with van der Waals surface area (Å²) in [6.45, 7) is 2.03. The minimum atomic E-state index is 0.237. The number of carbonyl (C=O) groups excluding carboxylic acids is 1. The van der Waals surface area contributed by atoms with E-state index in [0.29, 0.717) is 0 Å². The van der Waals surface area contributed by atoms with Crippen LogP contribution in [0.15, 0.2) is 21.5 Å². The van der Waals surface area contributed by atoms with Gasteiger partial charge in [0.05, 0.1) is 8.66 Å². The van der Waals surface area contributed by atoms with Crippen LogP contribution in [0.25, 0.3) is 0 Å². The molecule has 0 saturated heterocycles. The van der Waals surface area contributed by atoms with Gasteiger partial charge in [-0.1, -0.05) is 12.5 Å². The lowest BCUT2D eigenvalue weighted by molar-refractivity contribution is 0.103. The molecule has 16 heavy (non-hydrogen) atoms. The SMILES string of the molecule is Cc1cc(C(=O)C2=CCCCCC2)sc1Br. The average molecular weight is 299 g/mol. The van der Waals surface area contributed by atoms with Crippen molar-refractivity contribution >= 4 is 33.0 Å². The molecule has 0 fully saturated rings. The number of Topliss-reactive ketones (excluding diaryl/α,β-unsaturated/α-hetero) is 1. The molecular weight excluding hydrogens is 284 g/mol. The van der Waals surface area contributed by atoms with E-state index < -0.39 is 0 Å². The van der Waals surface area contributed by atoms with Crippen LogP contribution >= 0.6 is 27.3 Å². The number of hydrogen-bond acceptors (Lipinski definition) is 2. The van der Waals surface area contributed by atoms with Gasteiger partial charge in [-0.3, -0.25) is 4.79 Å². The van der Waals surface area contributed by atoms with E-state index in [-0.39, 0.29) is 5.78 Å². The van der Waals surface area contributed by atoms with Gasteiger partial charge in [0.25, 0.3) is 0 Å². The number of carbonyl (C=O) groups is 1. The van der Waals surface area contributed by atoms with Crippen LogP contribution in [0.4, 0.5) is 0 Å². The molecule has 0 aromatic carbocycles. The maximum absolute atomic E-state index is 12.2. The highest BCUT2D eigenvalue weighted by Gasteiger charge is 2.16. The van der Waals surface area contributed by atoms with Gasteiger partial charge in [-0.2, -0.15) is 0 Å². The summed E-state index contributed by atoms with van der Waals surface area (Å²) in [7, 11) is 0. The van der Waals surface area contributed by atoms with Crippen molar-refractivity contribution in [1.29, 1.82) is 0 Å². The van der Waals surface area contributed by atoms with Crippen molar-refractivity contribution < 1.29 is 4.79 Å². The topological polar surface area (TPSA) is 17.1 Å². The first-order valence-corrected chi connectivity index (χ1v) is 7.29. The van der Waals surface area contributed by atoms with E-state index in [0.717, 1.165) is 39.1 Å². The Morgan fingerprint density at radius 2 is 2.19 bits per heavy atom. The number of hydrogen-bond donors (Lipinski definition) is 0. The maximum atomic E-state index is 12.2. The van der Waals surface area contributed by atoms with Gasteiger partial charge in [0.2, 0.25) is 0 Å². The Balaban J connectivity index is 2.20. The summed E-state index contributed by atoms with van der Waals surface area (Å²) in [6, 6.07) is 1.99. The molecule has 1 aliphatic rings. The lowest BCUT2D eigenvalue weighted by Crippen LogP contribution is -2.00. The number of ketones is 1. The first-order valence-electron chi connectivity index (χ1n) is 5.68. The molecule has 0 amide bonds. The Labute approximate surface area is 109 Å². The Morgan fingerprint density at radius 1 is 1.38 bits per heavy atom. The minimum absolute atomic E-state index is 0.237. The molecule has 0 unspecified atom stereocenters. The van der Waals surface area contributed by atoms with Crippen molar-refractivity contribution in [2.24, 2.45) is 0 Å². The Bertz CT molecular complexity index is 412. The molecule has 0 bridgehead atoms. The number of allylic oxidation sites excluding steroid dienone is 2. The van der Waals surface area contributed by atoms with E-state index in [1.165, 1.54) is 12.8 Å². The van der Waals surface area contributed by atoms with E-state index in [9.17, 15) is 4.79 Å². The average Bonchev–Trinajstić information content (AvgIpc) is 2.51. The molecule has 1 aromatic heterocycles. The molecule has 0 spiro atoms.